The van der Waals surface area contributed by atoms with Gasteiger partial charge in [-0.15, -0.1) is 0 Å². The van der Waals surface area contributed by atoms with Crippen LogP contribution in [0.3, 0.4) is 0 Å². The standard InChI is InChI=1S/C36H34N4O8S2/c1-25-12-16-33(17-13-25)49(43,44)47-31-10-4-8-29(21-31)39-35(41)37-23-27-6-3-7-28(20-27)24-38-36(42)40-30-9-5-11-32(22-30)48-50(45,46)34-18-14-26(2)15-19-34/h3-22H,23-24H2,1-2H3,(H2,37,39,41)(H2,38,40,42). The van der Waals surface area contributed by atoms with Gasteiger partial charge in [0.1, 0.15) is 21.3 Å². The van der Waals surface area contributed by atoms with Gasteiger partial charge in [-0.1, -0.05) is 71.8 Å². The highest BCUT2D eigenvalue weighted by Crippen LogP contribution is 2.24. The second-order valence-electron chi connectivity index (χ2n) is 11.2. The molecule has 4 N–H and O–H groups in total. The summed E-state index contributed by atoms with van der Waals surface area (Å²) in [7, 11) is -8.11. The molecule has 0 spiro atoms. The number of hydrogen-bond acceptors (Lipinski definition) is 8. The Hall–Kier alpha value is -5.86. The third kappa shape index (κ3) is 10.1. The number of carbonyl (C=O) groups excluding carboxylic acids is 2. The second-order valence-corrected chi connectivity index (χ2v) is 14.3. The summed E-state index contributed by atoms with van der Waals surface area (Å²) in [4.78, 5) is 25.2. The third-order valence-corrected chi connectivity index (χ3v) is 9.64. The molecule has 0 bridgehead atoms. The van der Waals surface area contributed by atoms with Gasteiger partial charge >= 0.3 is 32.3 Å². The zero-order chi connectivity index (χ0) is 35.7. The van der Waals surface area contributed by atoms with E-state index in [1.165, 1.54) is 48.5 Å². The van der Waals surface area contributed by atoms with Crippen molar-refractivity contribution in [3.05, 3.63) is 144 Å². The van der Waals surface area contributed by atoms with Crippen LogP contribution in [-0.2, 0) is 33.3 Å². The molecule has 5 aromatic carbocycles. The van der Waals surface area contributed by atoms with Crippen LogP contribution in [0.5, 0.6) is 11.5 Å². The molecule has 0 atom stereocenters. The van der Waals surface area contributed by atoms with Gasteiger partial charge in [-0.05, 0) is 73.5 Å². The van der Waals surface area contributed by atoms with E-state index in [2.05, 4.69) is 21.3 Å². The maximum atomic E-state index is 12.6. The molecule has 0 aromatic heterocycles. The summed E-state index contributed by atoms with van der Waals surface area (Å²) >= 11 is 0. The first-order valence-corrected chi connectivity index (χ1v) is 18.1. The second kappa shape index (κ2) is 15.6. The van der Waals surface area contributed by atoms with Gasteiger partial charge in [-0.2, -0.15) is 16.8 Å². The monoisotopic (exact) mass is 714 g/mol. The number of aryl methyl sites for hydroxylation is 2. The molecular formula is C36H34N4O8S2. The van der Waals surface area contributed by atoms with E-state index in [0.717, 1.165) is 22.3 Å². The third-order valence-electron chi connectivity index (χ3n) is 7.11. The lowest BCUT2D eigenvalue weighted by Crippen LogP contribution is -2.29. The zero-order valence-electron chi connectivity index (χ0n) is 27.0. The van der Waals surface area contributed by atoms with E-state index in [4.69, 9.17) is 8.37 Å². The van der Waals surface area contributed by atoms with Crippen LogP contribution in [0.15, 0.2) is 131 Å². The van der Waals surface area contributed by atoms with Crippen molar-refractivity contribution in [3.63, 3.8) is 0 Å². The summed E-state index contributed by atoms with van der Waals surface area (Å²) in [6, 6.07) is 30.8. The number of anilines is 2. The number of nitrogens with one attached hydrogen (secondary N) is 4. The first kappa shape index (κ1) is 35.4. The number of benzene rings is 5. The van der Waals surface area contributed by atoms with Crippen molar-refractivity contribution >= 4 is 43.7 Å². The summed E-state index contributed by atoms with van der Waals surface area (Å²) in [5, 5.41) is 10.8. The SMILES string of the molecule is Cc1ccc(S(=O)(=O)Oc2cccc(NC(=O)NCc3cccc(CNC(=O)Nc4cccc(OS(=O)(=O)c5ccc(C)cc5)c4)c3)c2)cc1. The summed E-state index contributed by atoms with van der Waals surface area (Å²) < 4.78 is 61.0. The van der Waals surface area contributed by atoms with Crippen LogP contribution < -0.4 is 29.6 Å². The molecule has 0 aliphatic carbocycles. The summed E-state index contributed by atoms with van der Waals surface area (Å²) in [5.41, 5.74) is 4.01. The molecule has 50 heavy (non-hydrogen) atoms. The Kier molecular flexibility index (Phi) is 11.0. The van der Waals surface area contributed by atoms with Crippen molar-refractivity contribution < 1.29 is 34.8 Å². The number of hydrogen-bond donors (Lipinski definition) is 4. The van der Waals surface area contributed by atoms with Gasteiger partial charge in [0, 0.05) is 36.6 Å². The predicted molar refractivity (Wildman–Crippen MR) is 189 cm³/mol. The number of amides is 4. The average Bonchev–Trinajstić information content (AvgIpc) is 3.07. The number of rotatable bonds is 12. The molecule has 0 aliphatic heterocycles. The molecule has 0 aliphatic rings. The Morgan fingerprint density at radius 2 is 0.900 bits per heavy atom. The van der Waals surface area contributed by atoms with Crippen molar-refractivity contribution in [3.8, 4) is 11.5 Å². The molecule has 0 radical (unpaired) electrons. The van der Waals surface area contributed by atoms with Crippen LogP contribution in [0.1, 0.15) is 22.3 Å². The Bertz CT molecular complexity index is 2050. The lowest BCUT2D eigenvalue weighted by molar-refractivity contribution is 0.251. The molecule has 5 rings (SSSR count). The van der Waals surface area contributed by atoms with E-state index in [0.29, 0.717) is 11.4 Å². The highest BCUT2D eigenvalue weighted by Gasteiger charge is 2.18. The normalized spacial score (nSPS) is 11.2. The molecule has 12 nitrogen and oxygen atoms in total. The van der Waals surface area contributed by atoms with Crippen molar-refractivity contribution in [2.24, 2.45) is 0 Å². The first-order chi connectivity index (χ1) is 23.8. The molecular weight excluding hydrogens is 681 g/mol. The Labute approximate surface area is 290 Å². The maximum Gasteiger partial charge on any atom is 0.339 e. The molecule has 0 saturated carbocycles. The Morgan fingerprint density at radius 3 is 1.30 bits per heavy atom. The molecule has 4 amide bonds. The van der Waals surface area contributed by atoms with Crippen molar-refractivity contribution in [2.75, 3.05) is 10.6 Å². The molecule has 0 unspecified atom stereocenters. The fourth-order valence-electron chi connectivity index (χ4n) is 4.58. The molecule has 0 heterocycles. The van der Waals surface area contributed by atoms with E-state index < -0.39 is 32.3 Å². The number of urea groups is 2. The van der Waals surface area contributed by atoms with Crippen molar-refractivity contribution in [1.29, 1.82) is 0 Å². The van der Waals surface area contributed by atoms with Crippen molar-refractivity contribution in [1.82, 2.24) is 10.6 Å². The largest absolute Gasteiger partial charge is 0.379 e. The molecule has 0 saturated heterocycles. The van der Waals surface area contributed by atoms with Crippen LogP contribution in [0.25, 0.3) is 0 Å². The fraction of sp³-hybridized carbons (Fsp3) is 0.111. The fourth-order valence-corrected chi connectivity index (χ4v) is 6.42. The van der Waals surface area contributed by atoms with E-state index >= 15 is 0 Å². The summed E-state index contributed by atoms with van der Waals surface area (Å²) in [6.07, 6.45) is 0. The van der Waals surface area contributed by atoms with Gasteiger partial charge in [-0.25, -0.2) is 9.59 Å². The Morgan fingerprint density at radius 1 is 0.520 bits per heavy atom. The van der Waals surface area contributed by atoms with E-state index in [-0.39, 0.29) is 34.4 Å². The van der Waals surface area contributed by atoms with E-state index in [9.17, 15) is 26.4 Å². The van der Waals surface area contributed by atoms with Gasteiger partial charge in [0.25, 0.3) is 0 Å². The van der Waals surface area contributed by atoms with Gasteiger partial charge in [-0.3, -0.25) is 0 Å². The minimum Gasteiger partial charge on any atom is -0.379 e. The zero-order valence-corrected chi connectivity index (χ0v) is 28.7. The van der Waals surface area contributed by atoms with Gasteiger partial charge in [0.15, 0.2) is 0 Å². The van der Waals surface area contributed by atoms with Crippen LogP contribution in [0.4, 0.5) is 21.0 Å². The molecule has 258 valence electrons. The highest BCUT2D eigenvalue weighted by molar-refractivity contribution is 7.87. The van der Waals surface area contributed by atoms with Crippen molar-refractivity contribution in [2.45, 2.75) is 36.7 Å². The average molecular weight is 715 g/mol. The smallest absolute Gasteiger partial charge is 0.339 e. The Balaban J connectivity index is 1.09. The summed E-state index contributed by atoms with van der Waals surface area (Å²) in [6.45, 7) is 4.03. The van der Waals surface area contributed by atoms with E-state index in [1.54, 1.807) is 54.6 Å². The van der Waals surface area contributed by atoms with Gasteiger partial charge in [0.2, 0.25) is 0 Å². The predicted octanol–water partition coefficient (Wildman–Crippen LogP) is 6.48. The van der Waals surface area contributed by atoms with Crippen LogP contribution in [-0.4, -0.2) is 28.9 Å². The minimum absolute atomic E-state index is 0.0156. The maximum absolute atomic E-state index is 12.6. The first-order valence-electron chi connectivity index (χ1n) is 15.2. The molecule has 0 fully saturated rings. The quantitative estimate of drug-likeness (QED) is 0.106. The summed E-state index contributed by atoms with van der Waals surface area (Å²) in [5.74, 6) is 0.0828. The lowest BCUT2D eigenvalue weighted by atomic mass is 10.1. The lowest BCUT2D eigenvalue weighted by Gasteiger charge is -2.12. The van der Waals surface area contributed by atoms with Crippen LogP contribution in [0, 0.1) is 13.8 Å². The topological polar surface area (TPSA) is 169 Å². The van der Waals surface area contributed by atoms with Gasteiger partial charge < -0.3 is 29.6 Å². The van der Waals surface area contributed by atoms with E-state index in [1.807, 2.05) is 32.0 Å². The highest BCUT2D eigenvalue weighted by atomic mass is 32.2. The van der Waals surface area contributed by atoms with Gasteiger partial charge in [0.05, 0.1) is 0 Å². The molecule has 5 aromatic rings. The molecule has 14 heteroatoms. The number of carbonyl (C=O) groups is 2. The van der Waals surface area contributed by atoms with Crippen LogP contribution >= 0.6 is 0 Å². The minimum atomic E-state index is -4.05. The van der Waals surface area contributed by atoms with Crippen LogP contribution in [0.2, 0.25) is 0 Å².